The number of carbonyl (C=O) groups excluding carboxylic acids is 1. The number of hydrogen-bond donors (Lipinski definition) is 0. The third kappa shape index (κ3) is 12.6. The Balaban J connectivity index is 1.65. The molecule has 0 aliphatic heterocycles. The molecule has 206 valence electrons. The zero-order valence-corrected chi connectivity index (χ0v) is 24.1. The lowest BCUT2D eigenvalue weighted by Gasteiger charge is -2.36. The number of aryl methyl sites for hydroxylation is 1. The van der Waals surface area contributed by atoms with Crippen LogP contribution in [-0.4, -0.2) is 43.8 Å². The van der Waals surface area contributed by atoms with Crippen LogP contribution in [0.4, 0.5) is 0 Å². The summed E-state index contributed by atoms with van der Waals surface area (Å²) in [6.07, 6.45) is 15.1. The van der Waals surface area contributed by atoms with Gasteiger partial charge in [-0.1, -0.05) is 108 Å². The van der Waals surface area contributed by atoms with Crippen LogP contribution in [-0.2, 0) is 22.5 Å². The van der Waals surface area contributed by atoms with Crippen LogP contribution in [0.3, 0.4) is 0 Å². The molecule has 1 atom stereocenters. The molecule has 0 heterocycles. The molecule has 2 aromatic rings. The lowest BCUT2D eigenvalue weighted by atomic mass is 10.0. The van der Waals surface area contributed by atoms with Gasteiger partial charge in [-0.3, -0.25) is 0 Å². The fourth-order valence-electron chi connectivity index (χ4n) is 4.98. The number of ether oxygens (including phenoxy) is 2. The van der Waals surface area contributed by atoms with E-state index in [4.69, 9.17) is 9.47 Å². The Morgan fingerprint density at radius 1 is 0.730 bits per heavy atom. The summed E-state index contributed by atoms with van der Waals surface area (Å²) >= 11 is 0. The Morgan fingerprint density at radius 3 is 1.97 bits per heavy atom. The first-order valence-electron chi connectivity index (χ1n) is 14.7. The lowest BCUT2D eigenvalue weighted by molar-refractivity contribution is -0.920. The average Bonchev–Trinajstić information content (AvgIpc) is 2.89. The Hall–Kier alpha value is -2.33. The summed E-state index contributed by atoms with van der Waals surface area (Å²) in [6.45, 7) is 5.82. The zero-order chi connectivity index (χ0) is 26.8. The van der Waals surface area contributed by atoms with E-state index in [1.54, 1.807) is 0 Å². The smallest absolute Gasteiger partial charge is 0.365 e. The van der Waals surface area contributed by atoms with Crippen LogP contribution in [0.1, 0.15) is 95.6 Å². The summed E-state index contributed by atoms with van der Waals surface area (Å²) in [6, 6.07) is 18.5. The van der Waals surface area contributed by atoms with E-state index in [-0.39, 0.29) is 18.6 Å². The van der Waals surface area contributed by atoms with Crippen LogP contribution >= 0.6 is 0 Å². The molecule has 37 heavy (non-hydrogen) atoms. The standard InChI is InChI=1S/C33H52NO3/c1-5-7-8-9-10-11-12-13-15-19-29-22-24-31(25-23-29)36-26-27-37-33(35)32(18-6-2)34(3,4)28-30-20-16-14-17-21-30/h14,16-17,20-25,32H,5-13,15,18-19,26-28H2,1-4H3/q+1. The molecular formula is C33H52NO3+. The normalized spacial score (nSPS) is 12.3. The molecular weight excluding hydrogens is 458 g/mol. The van der Waals surface area contributed by atoms with Crippen molar-refractivity contribution in [3.63, 3.8) is 0 Å². The van der Waals surface area contributed by atoms with Gasteiger partial charge in [-0.25, -0.2) is 4.79 Å². The number of carbonyl (C=O) groups is 1. The minimum Gasteiger partial charge on any atom is -0.490 e. The summed E-state index contributed by atoms with van der Waals surface area (Å²) in [5.74, 6) is 0.694. The highest BCUT2D eigenvalue weighted by Crippen LogP contribution is 2.20. The second-order valence-electron chi connectivity index (χ2n) is 11.0. The summed E-state index contributed by atoms with van der Waals surface area (Å²) < 4.78 is 12.1. The van der Waals surface area contributed by atoms with E-state index in [2.05, 4.69) is 52.2 Å². The molecule has 4 nitrogen and oxygen atoms in total. The van der Waals surface area contributed by atoms with Crippen molar-refractivity contribution in [3.8, 4) is 5.75 Å². The van der Waals surface area contributed by atoms with Gasteiger partial charge in [0.15, 0.2) is 6.04 Å². The summed E-state index contributed by atoms with van der Waals surface area (Å²) in [7, 11) is 4.22. The first-order valence-corrected chi connectivity index (χ1v) is 14.7. The molecule has 0 aliphatic carbocycles. The minimum absolute atomic E-state index is 0.136. The van der Waals surface area contributed by atoms with Gasteiger partial charge >= 0.3 is 5.97 Å². The number of unbranched alkanes of at least 4 members (excludes halogenated alkanes) is 8. The molecule has 0 aromatic heterocycles. The second-order valence-corrected chi connectivity index (χ2v) is 11.0. The van der Waals surface area contributed by atoms with Crippen LogP contribution in [0.5, 0.6) is 5.75 Å². The maximum absolute atomic E-state index is 13.0. The molecule has 1 unspecified atom stereocenters. The van der Waals surface area contributed by atoms with E-state index in [1.165, 1.54) is 68.9 Å². The molecule has 0 aliphatic rings. The van der Waals surface area contributed by atoms with Crippen molar-refractivity contribution in [2.75, 3.05) is 27.3 Å². The van der Waals surface area contributed by atoms with E-state index in [1.807, 2.05) is 30.3 Å². The van der Waals surface area contributed by atoms with Crippen molar-refractivity contribution in [1.82, 2.24) is 0 Å². The second kappa shape index (κ2) is 18.0. The number of hydrogen-bond acceptors (Lipinski definition) is 3. The van der Waals surface area contributed by atoms with Gasteiger partial charge in [0.1, 0.15) is 25.5 Å². The molecule has 0 radical (unpaired) electrons. The van der Waals surface area contributed by atoms with Crippen molar-refractivity contribution < 1.29 is 18.8 Å². The van der Waals surface area contributed by atoms with E-state index in [0.717, 1.165) is 31.6 Å². The Labute approximate surface area is 227 Å². The molecule has 0 saturated heterocycles. The van der Waals surface area contributed by atoms with Crippen molar-refractivity contribution in [1.29, 1.82) is 0 Å². The van der Waals surface area contributed by atoms with Gasteiger partial charge in [0.25, 0.3) is 0 Å². The van der Waals surface area contributed by atoms with E-state index < -0.39 is 0 Å². The Morgan fingerprint density at radius 2 is 1.35 bits per heavy atom. The first kappa shape index (κ1) is 30.9. The molecule has 0 saturated carbocycles. The maximum atomic E-state index is 13.0. The quantitative estimate of drug-likeness (QED) is 0.102. The van der Waals surface area contributed by atoms with Gasteiger partial charge in [-0.15, -0.1) is 0 Å². The minimum atomic E-state index is -0.189. The summed E-state index contributed by atoms with van der Waals surface area (Å²) in [5.41, 5.74) is 2.59. The molecule has 0 spiro atoms. The third-order valence-corrected chi connectivity index (χ3v) is 7.20. The van der Waals surface area contributed by atoms with E-state index in [9.17, 15) is 4.79 Å². The summed E-state index contributed by atoms with van der Waals surface area (Å²) in [5, 5.41) is 0. The van der Waals surface area contributed by atoms with Crippen LogP contribution in [0.25, 0.3) is 0 Å². The average molecular weight is 511 g/mol. The van der Waals surface area contributed by atoms with E-state index >= 15 is 0 Å². The predicted octanol–water partition coefficient (Wildman–Crippen LogP) is 8.13. The van der Waals surface area contributed by atoms with Crippen molar-refractivity contribution in [3.05, 3.63) is 65.7 Å². The van der Waals surface area contributed by atoms with Crippen molar-refractivity contribution in [2.24, 2.45) is 0 Å². The van der Waals surface area contributed by atoms with Crippen molar-refractivity contribution in [2.45, 2.75) is 103 Å². The van der Waals surface area contributed by atoms with Gasteiger partial charge in [-0.05, 0) is 37.0 Å². The third-order valence-electron chi connectivity index (χ3n) is 7.20. The number of likely N-dealkylation sites (N-methyl/N-ethyl adjacent to an activating group) is 1. The number of benzene rings is 2. The Bertz CT molecular complexity index is 848. The highest BCUT2D eigenvalue weighted by Gasteiger charge is 2.35. The molecule has 2 aromatic carbocycles. The molecule has 0 amide bonds. The van der Waals surface area contributed by atoms with Crippen LogP contribution < -0.4 is 4.74 Å². The first-order chi connectivity index (χ1) is 18.0. The van der Waals surface area contributed by atoms with E-state index in [0.29, 0.717) is 11.1 Å². The summed E-state index contributed by atoms with van der Waals surface area (Å²) in [4.78, 5) is 13.0. The highest BCUT2D eigenvalue weighted by molar-refractivity contribution is 5.74. The van der Waals surface area contributed by atoms with Gasteiger partial charge in [0.05, 0.1) is 14.1 Å². The monoisotopic (exact) mass is 510 g/mol. The Kier molecular flexibility index (Phi) is 15.0. The number of rotatable bonds is 20. The van der Waals surface area contributed by atoms with Gasteiger partial charge in [0, 0.05) is 12.0 Å². The fourth-order valence-corrected chi connectivity index (χ4v) is 4.98. The van der Waals surface area contributed by atoms with Crippen LogP contribution in [0, 0.1) is 0 Å². The van der Waals surface area contributed by atoms with Gasteiger partial charge in [0.2, 0.25) is 0 Å². The van der Waals surface area contributed by atoms with Crippen LogP contribution in [0.2, 0.25) is 0 Å². The molecule has 0 fully saturated rings. The van der Waals surface area contributed by atoms with Gasteiger partial charge < -0.3 is 14.0 Å². The maximum Gasteiger partial charge on any atom is 0.365 e. The lowest BCUT2D eigenvalue weighted by Crippen LogP contribution is -2.53. The fraction of sp³-hybridized carbons (Fsp3) is 0.606. The number of nitrogens with zero attached hydrogens (tertiary/aromatic N) is 1. The largest absolute Gasteiger partial charge is 0.490 e. The molecule has 4 heteroatoms. The van der Waals surface area contributed by atoms with Crippen LogP contribution in [0.15, 0.2) is 54.6 Å². The highest BCUT2D eigenvalue weighted by atomic mass is 16.6. The number of quaternary nitrogens is 1. The molecule has 0 bridgehead atoms. The zero-order valence-electron chi connectivity index (χ0n) is 24.1. The SMILES string of the molecule is CCCCCCCCCCCc1ccc(OCCOC(=O)C(CCC)[N+](C)(C)Cc2ccccc2)cc1. The van der Waals surface area contributed by atoms with Gasteiger partial charge in [-0.2, -0.15) is 0 Å². The predicted molar refractivity (Wildman–Crippen MR) is 155 cm³/mol. The topological polar surface area (TPSA) is 35.5 Å². The van der Waals surface area contributed by atoms with Crippen molar-refractivity contribution >= 4 is 5.97 Å². The molecule has 2 rings (SSSR count). The molecule has 0 N–H and O–H groups in total. The number of esters is 1.